The summed E-state index contributed by atoms with van der Waals surface area (Å²) in [5.74, 6) is -0.751. The Hall–Kier alpha value is -1.01. The minimum absolute atomic E-state index is 0.0579. The molecule has 0 saturated heterocycles. The molecule has 0 spiro atoms. The predicted molar refractivity (Wildman–Crippen MR) is 77.7 cm³/mol. The third-order valence-electron chi connectivity index (χ3n) is 2.98. The smallest absolute Gasteiger partial charge is 0.313 e. The number of aromatic nitrogens is 2. The van der Waals surface area contributed by atoms with E-state index < -0.39 is 5.97 Å². The second kappa shape index (κ2) is 7.55. The number of carbonyl (C=O) groups is 1. The van der Waals surface area contributed by atoms with Gasteiger partial charge in [-0.05, 0) is 40.8 Å². The van der Waals surface area contributed by atoms with Crippen LogP contribution in [0.25, 0.3) is 0 Å². The van der Waals surface area contributed by atoms with Gasteiger partial charge < -0.3 is 14.6 Å². The van der Waals surface area contributed by atoms with Gasteiger partial charge >= 0.3 is 5.97 Å². The van der Waals surface area contributed by atoms with Crippen LogP contribution >= 0.6 is 11.8 Å². The monoisotopic (exact) mass is 285 g/mol. The maximum atomic E-state index is 10.6. The van der Waals surface area contributed by atoms with Crippen molar-refractivity contribution >= 4 is 17.7 Å². The lowest BCUT2D eigenvalue weighted by Gasteiger charge is -2.20. The van der Waals surface area contributed by atoms with Crippen molar-refractivity contribution < 1.29 is 9.90 Å². The minimum Gasteiger partial charge on any atom is -0.481 e. The number of carboxylic acids is 1. The number of nitrogens with zero attached hydrogens (tertiary/aromatic N) is 3. The molecule has 0 unspecified atom stereocenters. The Morgan fingerprint density at radius 2 is 2.26 bits per heavy atom. The highest BCUT2D eigenvalue weighted by molar-refractivity contribution is 7.99. The van der Waals surface area contributed by atoms with Crippen LogP contribution in [0.3, 0.4) is 0 Å². The maximum absolute atomic E-state index is 10.6. The number of aryl methyl sites for hydroxylation is 2. The Bertz CT molecular complexity index is 418. The molecule has 0 aliphatic rings. The number of aliphatic carboxylic acids is 1. The van der Waals surface area contributed by atoms with Crippen molar-refractivity contribution in [2.75, 3.05) is 19.3 Å². The summed E-state index contributed by atoms with van der Waals surface area (Å²) < 4.78 is 2.05. The van der Waals surface area contributed by atoms with Crippen LogP contribution in [0, 0.1) is 6.92 Å². The third kappa shape index (κ3) is 5.65. The normalized spacial score (nSPS) is 11.5. The van der Waals surface area contributed by atoms with Gasteiger partial charge in [-0.1, -0.05) is 11.8 Å². The van der Waals surface area contributed by atoms with E-state index in [2.05, 4.69) is 35.3 Å². The van der Waals surface area contributed by atoms with E-state index in [0.29, 0.717) is 6.04 Å². The molecule has 1 aromatic heterocycles. The van der Waals surface area contributed by atoms with Crippen molar-refractivity contribution in [3.8, 4) is 0 Å². The van der Waals surface area contributed by atoms with Crippen LogP contribution in [0.4, 0.5) is 0 Å². The summed E-state index contributed by atoms with van der Waals surface area (Å²) in [6.07, 6.45) is 3.02. The molecule has 0 amide bonds. The Labute approximate surface area is 119 Å². The molecule has 0 aromatic carbocycles. The van der Waals surface area contributed by atoms with Crippen molar-refractivity contribution in [2.24, 2.45) is 0 Å². The third-order valence-corrected chi connectivity index (χ3v) is 3.95. The SMILES string of the molecule is Cc1cn(CCCN(C)C(C)C)c(SCC(=O)O)n1. The Balaban J connectivity index is 2.50. The zero-order valence-electron chi connectivity index (χ0n) is 12.1. The summed E-state index contributed by atoms with van der Waals surface area (Å²) in [4.78, 5) is 17.3. The molecule has 0 radical (unpaired) electrons. The highest BCUT2D eigenvalue weighted by Crippen LogP contribution is 2.17. The van der Waals surface area contributed by atoms with Gasteiger partial charge in [-0.25, -0.2) is 4.98 Å². The first-order chi connectivity index (χ1) is 8.90. The largest absolute Gasteiger partial charge is 0.481 e. The Morgan fingerprint density at radius 3 is 2.84 bits per heavy atom. The van der Waals surface area contributed by atoms with Crippen LogP contribution in [-0.2, 0) is 11.3 Å². The van der Waals surface area contributed by atoms with Gasteiger partial charge in [-0.15, -0.1) is 0 Å². The maximum Gasteiger partial charge on any atom is 0.313 e. The van der Waals surface area contributed by atoms with Crippen LogP contribution in [0.2, 0.25) is 0 Å². The highest BCUT2D eigenvalue weighted by Gasteiger charge is 2.09. The van der Waals surface area contributed by atoms with E-state index in [1.807, 2.05) is 13.1 Å². The van der Waals surface area contributed by atoms with E-state index in [9.17, 15) is 4.79 Å². The van der Waals surface area contributed by atoms with Gasteiger partial charge in [0, 0.05) is 18.8 Å². The molecule has 0 bridgehead atoms. The zero-order chi connectivity index (χ0) is 14.4. The van der Waals surface area contributed by atoms with Gasteiger partial charge in [0.15, 0.2) is 5.16 Å². The predicted octanol–water partition coefficient (Wildman–Crippen LogP) is 2.10. The molecule has 1 heterocycles. The van der Waals surface area contributed by atoms with Crippen molar-refractivity contribution in [3.05, 3.63) is 11.9 Å². The molecule has 0 atom stereocenters. The Morgan fingerprint density at radius 1 is 1.58 bits per heavy atom. The van der Waals surface area contributed by atoms with Gasteiger partial charge in [0.1, 0.15) is 0 Å². The molecule has 1 N–H and O–H groups in total. The number of hydrogen-bond acceptors (Lipinski definition) is 4. The number of rotatable bonds is 8. The van der Waals surface area contributed by atoms with Crippen LogP contribution in [0.15, 0.2) is 11.4 Å². The standard InChI is InChI=1S/C13H23N3O2S/c1-10(2)15(4)6-5-7-16-8-11(3)14-13(16)19-9-12(17)18/h8,10H,5-7,9H2,1-4H3,(H,17,18). The van der Waals surface area contributed by atoms with Crippen LogP contribution in [-0.4, -0.2) is 50.9 Å². The fourth-order valence-electron chi connectivity index (χ4n) is 1.68. The lowest BCUT2D eigenvalue weighted by Crippen LogP contribution is -2.27. The van der Waals surface area contributed by atoms with E-state index in [1.54, 1.807) is 0 Å². The first-order valence-electron chi connectivity index (χ1n) is 6.48. The van der Waals surface area contributed by atoms with E-state index in [4.69, 9.17) is 5.11 Å². The highest BCUT2D eigenvalue weighted by atomic mass is 32.2. The molecule has 108 valence electrons. The van der Waals surface area contributed by atoms with E-state index in [0.717, 1.165) is 30.4 Å². The lowest BCUT2D eigenvalue weighted by molar-refractivity contribution is -0.133. The van der Waals surface area contributed by atoms with Crippen molar-refractivity contribution in [1.29, 1.82) is 0 Å². The average molecular weight is 285 g/mol. The van der Waals surface area contributed by atoms with Crippen LogP contribution in [0.1, 0.15) is 26.0 Å². The number of imidazole rings is 1. The molecule has 0 aliphatic heterocycles. The van der Waals surface area contributed by atoms with Gasteiger partial charge in [0.2, 0.25) is 0 Å². The molecule has 1 rings (SSSR count). The number of carboxylic acid groups (broad SMARTS) is 1. The molecule has 19 heavy (non-hydrogen) atoms. The van der Waals surface area contributed by atoms with Crippen LogP contribution in [0.5, 0.6) is 0 Å². The van der Waals surface area contributed by atoms with Gasteiger partial charge in [-0.2, -0.15) is 0 Å². The van der Waals surface area contributed by atoms with Gasteiger partial charge in [0.25, 0.3) is 0 Å². The summed E-state index contributed by atoms with van der Waals surface area (Å²) in [5.41, 5.74) is 0.935. The molecule has 0 saturated carbocycles. The van der Waals surface area contributed by atoms with E-state index in [-0.39, 0.29) is 5.75 Å². The summed E-state index contributed by atoms with van der Waals surface area (Å²) in [6.45, 7) is 8.18. The molecule has 1 aromatic rings. The number of hydrogen-bond donors (Lipinski definition) is 1. The summed E-state index contributed by atoms with van der Waals surface area (Å²) in [6, 6.07) is 0.547. The first kappa shape index (κ1) is 16.0. The second-order valence-electron chi connectivity index (χ2n) is 4.97. The number of thioether (sulfide) groups is 1. The van der Waals surface area contributed by atoms with E-state index in [1.165, 1.54) is 11.8 Å². The topological polar surface area (TPSA) is 58.4 Å². The fourth-order valence-corrected chi connectivity index (χ4v) is 2.45. The minimum atomic E-state index is -0.809. The molecule has 0 aliphatic carbocycles. The quantitative estimate of drug-likeness (QED) is 0.741. The van der Waals surface area contributed by atoms with Crippen molar-refractivity contribution in [3.63, 3.8) is 0 Å². The molecule has 5 nitrogen and oxygen atoms in total. The van der Waals surface area contributed by atoms with Crippen molar-refractivity contribution in [2.45, 2.75) is 44.9 Å². The van der Waals surface area contributed by atoms with Crippen LogP contribution < -0.4 is 0 Å². The zero-order valence-corrected chi connectivity index (χ0v) is 12.9. The molecular formula is C13H23N3O2S. The molecule has 0 fully saturated rings. The second-order valence-corrected chi connectivity index (χ2v) is 5.91. The molecular weight excluding hydrogens is 262 g/mol. The fraction of sp³-hybridized carbons (Fsp3) is 0.692. The average Bonchev–Trinajstić information content (AvgIpc) is 2.66. The Kier molecular flexibility index (Phi) is 6.37. The van der Waals surface area contributed by atoms with Gasteiger partial charge in [-0.3, -0.25) is 4.79 Å². The summed E-state index contributed by atoms with van der Waals surface area (Å²) >= 11 is 1.28. The summed E-state index contributed by atoms with van der Waals surface area (Å²) in [7, 11) is 2.11. The summed E-state index contributed by atoms with van der Waals surface area (Å²) in [5, 5.41) is 9.52. The lowest BCUT2D eigenvalue weighted by atomic mass is 10.3. The first-order valence-corrected chi connectivity index (χ1v) is 7.47. The van der Waals surface area contributed by atoms with E-state index >= 15 is 0 Å². The van der Waals surface area contributed by atoms with Crippen molar-refractivity contribution in [1.82, 2.24) is 14.5 Å². The molecule has 6 heteroatoms. The van der Waals surface area contributed by atoms with Gasteiger partial charge in [0.05, 0.1) is 11.4 Å².